The van der Waals surface area contributed by atoms with Crippen molar-refractivity contribution in [2.24, 2.45) is 5.92 Å². The average molecular weight is 232 g/mol. The van der Waals surface area contributed by atoms with Crippen molar-refractivity contribution in [2.45, 2.75) is 19.3 Å². The van der Waals surface area contributed by atoms with Crippen molar-refractivity contribution in [3.63, 3.8) is 0 Å². The zero-order chi connectivity index (χ0) is 11.8. The maximum Gasteiger partial charge on any atom is 0.125 e. The third kappa shape index (κ3) is 1.84. The van der Waals surface area contributed by atoms with Gasteiger partial charge in [0.15, 0.2) is 0 Å². The minimum atomic E-state index is -0.164. The Hall–Kier alpha value is -1.35. The molecular formula is C14H17FN2. The molecule has 1 aliphatic carbocycles. The highest BCUT2D eigenvalue weighted by atomic mass is 19.1. The standard InChI is InChI=1S/C14H17FN2/c1-16-8-9-2-5-13-12(6-9)11-4-3-10(15)7-14(11)17-13/h3-4,7,9,16-17H,2,5-6,8H2,1H3. The molecule has 2 nitrogen and oxygen atoms in total. The molecule has 0 radical (unpaired) electrons. The summed E-state index contributed by atoms with van der Waals surface area (Å²) in [7, 11) is 2.00. The number of rotatable bonds is 2. The van der Waals surface area contributed by atoms with E-state index in [0.717, 1.165) is 24.9 Å². The second-order valence-corrected chi connectivity index (χ2v) is 4.94. The van der Waals surface area contributed by atoms with E-state index in [9.17, 15) is 4.39 Å². The molecule has 1 aromatic heterocycles. The predicted octanol–water partition coefficient (Wildman–Crippen LogP) is 2.63. The van der Waals surface area contributed by atoms with Gasteiger partial charge in [0.1, 0.15) is 5.82 Å². The van der Waals surface area contributed by atoms with Crippen LogP contribution in [0.4, 0.5) is 4.39 Å². The number of fused-ring (bicyclic) bond motifs is 3. The molecule has 0 spiro atoms. The number of aromatic nitrogens is 1. The van der Waals surface area contributed by atoms with Crippen molar-refractivity contribution < 1.29 is 4.39 Å². The van der Waals surface area contributed by atoms with Crippen molar-refractivity contribution >= 4 is 10.9 Å². The Labute approximate surface area is 100 Å². The van der Waals surface area contributed by atoms with Crippen LogP contribution in [0.1, 0.15) is 17.7 Å². The largest absolute Gasteiger partial charge is 0.358 e. The summed E-state index contributed by atoms with van der Waals surface area (Å²) >= 11 is 0. The zero-order valence-corrected chi connectivity index (χ0v) is 10.0. The van der Waals surface area contributed by atoms with E-state index < -0.39 is 0 Å². The van der Waals surface area contributed by atoms with Crippen LogP contribution in [0.25, 0.3) is 10.9 Å². The number of H-pyrrole nitrogens is 1. The molecule has 0 bridgehead atoms. The highest BCUT2D eigenvalue weighted by Gasteiger charge is 2.21. The van der Waals surface area contributed by atoms with Crippen molar-refractivity contribution in [2.75, 3.05) is 13.6 Å². The van der Waals surface area contributed by atoms with Crippen LogP contribution in [0.15, 0.2) is 18.2 Å². The number of aryl methyl sites for hydroxylation is 1. The maximum absolute atomic E-state index is 13.2. The van der Waals surface area contributed by atoms with Crippen LogP contribution < -0.4 is 5.32 Å². The Morgan fingerprint density at radius 2 is 2.35 bits per heavy atom. The summed E-state index contributed by atoms with van der Waals surface area (Å²) in [5.41, 5.74) is 3.64. The number of halogens is 1. The van der Waals surface area contributed by atoms with Gasteiger partial charge in [-0.2, -0.15) is 0 Å². The lowest BCUT2D eigenvalue weighted by molar-refractivity contribution is 0.439. The molecule has 1 heterocycles. The third-order valence-corrected chi connectivity index (χ3v) is 3.74. The molecule has 1 aromatic carbocycles. The van der Waals surface area contributed by atoms with Crippen molar-refractivity contribution in [1.82, 2.24) is 10.3 Å². The summed E-state index contributed by atoms with van der Waals surface area (Å²) in [6, 6.07) is 5.06. The molecule has 1 aliphatic rings. The minimum absolute atomic E-state index is 0.164. The van der Waals surface area contributed by atoms with Crippen molar-refractivity contribution in [3.05, 3.63) is 35.3 Å². The summed E-state index contributed by atoms with van der Waals surface area (Å²) in [5, 5.41) is 4.44. The van der Waals surface area contributed by atoms with E-state index in [2.05, 4.69) is 10.3 Å². The smallest absolute Gasteiger partial charge is 0.125 e. The molecule has 1 unspecified atom stereocenters. The highest BCUT2D eigenvalue weighted by molar-refractivity contribution is 5.85. The summed E-state index contributed by atoms with van der Waals surface area (Å²) in [5.74, 6) is 0.541. The molecule has 0 amide bonds. The Morgan fingerprint density at radius 3 is 3.18 bits per heavy atom. The van der Waals surface area contributed by atoms with Crippen LogP contribution in [-0.4, -0.2) is 18.6 Å². The summed E-state index contributed by atoms with van der Waals surface area (Å²) in [6.07, 6.45) is 3.39. The molecule has 17 heavy (non-hydrogen) atoms. The Bertz CT molecular complexity index is 544. The highest BCUT2D eigenvalue weighted by Crippen LogP contribution is 2.31. The topological polar surface area (TPSA) is 27.8 Å². The lowest BCUT2D eigenvalue weighted by atomic mass is 9.86. The first-order valence-corrected chi connectivity index (χ1v) is 6.21. The van der Waals surface area contributed by atoms with E-state index in [1.807, 2.05) is 13.1 Å². The lowest BCUT2D eigenvalue weighted by Gasteiger charge is -2.22. The molecular weight excluding hydrogens is 215 g/mol. The van der Waals surface area contributed by atoms with Crippen LogP contribution in [0.5, 0.6) is 0 Å². The molecule has 3 heteroatoms. The number of nitrogens with one attached hydrogen (secondary N) is 2. The van der Waals surface area contributed by atoms with Gasteiger partial charge in [0.25, 0.3) is 0 Å². The molecule has 0 fully saturated rings. The van der Waals surface area contributed by atoms with E-state index in [-0.39, 0.29) is 5.82 Å². The van der Waals surface area contributed by atoms with Gasteiger partial charge in [0.05, 0.1) is 0 Å². The molecule has 3 rings (SSSR count). The van der Waals surface area contributed by atoms with Crippen molar-refractivity contribution in [1.29, 1.82) is 0 Å². The number of hydrogen-bond donors (Lipinski definition) is 2. The van der Waals surface area contributed by atoms with E-state index in [4.69, 9.17) is 0 Å². The zero-order valence-electron chi connectivity index (χ0n) is 10.0. The lowest BCUT2D eigenvalue weighted by Crippen LogP contribution is -2.24. The Morgan fingerprint density at radius 1 is 1.47 bits per heavy atom. The molecule has 1 atom stereocenters. The number of hydrogen-bond acceptors (Lipinski definition) is 1. The molecule has 2 aromatic rings. The van der Waals surface area contributed by atoms with Gasteiger partial charge in [0, 0.05) is 16.6 Å². The average Bonchev–Trinajstić information content (AvgIpc) is 2.66. The fourth-order valence-electron chi connectivity index (χ4n) is 2.93. The first kappa shape index (κ1) is 10.8. The number of benzene rings is 1. The summed E-state index contributed by atoms with van der Waals surface area (Å²) in [4.78, 5) is 3.36. The molecule has 0 saturated heterocycles. The molecule has 0 saturated carbocycles. The van der Waals surface area contributed by atoms with E-state index >= 15 is 0 Å². The Kier molecular flexibility index (Phi) is 2.63. The van der Waals surface area contributed by atoms with Crippen LogP contribution in [0.2, 0.25) is 0 Å². The van der Waals surface area contributed by atoms with Gasteiger partial charge in [-0.05, 0) is 62.5 Å². The van der Waals surface area contributed by atoms with Gasteiger partial charge in [-0.15, -0.1) is 0 Å². The Balaban J connectivity index is 2.03. The van der Waals surface area contributed by atoms with Crippen LogP contribution in [0.3, 0.4) is 0 Å². The van der Waals surface area contributed by atoms with Gasteiger partial charge in [-0.1, -0.05) is 0 Å². The molecule has 2 N–H and O–H groups in total. The van der Waals surface area contributed by atoms with Crippen LogP contribution >= 0.6 is 0 Å². The quantitative estimate of drug-likeness (QED) is 0.818. The second kappa shape index (κ2) is 4.15. The fourth-order valence-corrected chi connectivity index (χ4v) is 2.93. The van der Waals surface area contributed by atoms with E-state index in [1.165, 1.54) is 23.1 Å². The molecule has 90 valence electrons. The van der Waals surface area contributed by atoms with Crippen LogP contribution in [-0.2, 0) is 12.8 Å². The fraction of sp³-hybridized carbons (Fsp3) is 0.429. The van der Waals surface area contributed by atoms with Gasteiger partial charge in [-0.25, -0.2) is 4.39 Å². The summed E-state index contributed by atoms with van der Waals surface area (Å²) < 4.78 is 13.2. The summed E-state index contributed by atoms with van der Waals surface area (Å²) in [6.45, 7) is 1.06. The SMILES string of the molecule is CNCC1CCc2[nH]c3cc(F)ccc3c2C1. The van der Waals surface area contributed by atoms with Gasteiger partial charge >= 0.3 is 0 Å². The normalized spacial score (nSPS) is 19.5. The van der Waals surface area contributed by atoms with E-state index in [0.29, 0.717) is 5.92 Å². The first-order valence-electron chi connectivity index (χ1n) is 6.21. The second-order valence-electron chi connectivity index (χ2n) is 4.94. The van der Waals surface area contributed by atoms with Crippen LogP contribution in [0, 0.1) is 11.7 Å². The molecule has 0 aliphatic heterocycles. The van der Waals surface area contributed by atoms with Crippen molar-refractivity contribution in [3.8, 4) is 0 Å². The van der Waals surface area contributed by atoms with Gasteiger partial charge < -0.3 is 10.3 Å². The predicted molar refractivity (Wildman–Crippen MR) is 67.7 cm³/mol. The van der Waals surface area contributed by atoms with Gasteiger partial charge in [-0.3, -0.25) is 0 Å². The number of aromatic amines is 1. The third-order valence-electron chi connectivity index (χ3n) is 3.74. The minimum Gasteiger partial charge on any atom is -0.358 e. The van der Waals surface area contributed by atoms with Gasteiger partial charge in [0.2, 0.25) is 0 Å². The monoisotopic (exact) mass is 232 g/mol. The first-order chi connectivity index (χ1) is 8.28. The van der Waals surface area contributed by atoms with E-state index in [1.54, 1.807) is 12.1 Å². The maximum atomic E-state index is 13.2.